The number of aryl methyl sites for hydroxylation is 1. The van der Waals surface area contributed by atoms with Gasteiger partial charge < -0.3 is 4.98 Å². The van der Waals surface area contributed by atoms with Crippen molar-refractivity contribution in [1.29, 1.82) is 0 Å². The van der Waals surface area contributed by atoms with Crippen molar-refractivity contribution in [3.8, 4) is 11.4 Å². The van der Waals surface area contributed by atoms with E-state index >= 15 is 0 Å². The number of nitrogens with one attached hydrogen (secondary N) is 1. The maximum atomic E-state index is 11.8. The average molecular weight is 368 g/mol. The summed E-state index contributed by atoms with van der Waals surface area (Å²) in [5.41, 5.74) is 3.01. The number of benzene rings is 1. The summed E-state index contributed by atoms with van der Waals surface area (Å²) in [6.07, 6.45) is 0. The summed E-state index contributed by atoms with van der Waals surface area (Å²) >= 11 is 2.01. The van der Waals surface area contributed by atoms with E-state index < -0.39 is 0 Å². The van der Waals surface area contributed by atoms with E-state index in [0.29, 0.717) is 9.39 Å². The van der Waals surface area contributed by atoms with Crippen LogP contribution in [0.3, 0.4) is 0 Å². The Balaban J connectivity index is 2.46. The van der Waals surface area contributed by atoms with Crippen LogP contribution in [0.5, 0.6) is 0 Å². The molecule has 0 amide bonds. The van der Waals surface area contributed by atoms with Crippen LogP contribution in [-0.2, 0) is 5.41 Å². The van der Waals surface area contributed by atoms with Gasteiger partial charge in [-0.2, -0.15) is 0 Å². The van der Waals surface area contributed by atoms with Crippen LogP contribution in [0.25, 0.3) is 11.4 Å². The molecule has 2 aromatic rings. The molecule has 0 fully saturated rings. The van der Waals surface area contributed by atoms with Crippen molar-refractivity contribution in [3.05, 3.63) is 49.4 Å². The van der Waals surface area contributed by atoms with E-state index in [1.54, 1.807) is 0 Å². The third-order valence-electron chi connectivity index (χ3n) is 3.05. The molecule has 0 aliphatic rings. The smallest absolute Gasteiger partial charge is 0.264 e. The summed E-state index contributed by atoms with van der Waals surface area (Å²) < 4.78 is 0.646. The Hall–Kier alpha value is -1.17. The third kappa shape index (κ3) is 3.05. The highest BCUT2D eigenvalue weighted by atomic mass is 127. The fourth-order valence-corrected chi connectivity index (χ4v) is 2.09. The first-order valence-electron chi connectivity index (χ1n) is 6.16. The van der Waals surface area contributed by atoms with Crippen molar-refractivity contribution in [2.75, 3.05) is 0 Å². The number of halogens is 1. The molecular weight excluding hydrogens is 351 g/mol. The predicted octanol–water partition coefficient (Wildman–Crippen LogP) is 3.65. The lowest BCUT2D eigenvalue weighted by molar-refractivity contribution is 0.590. The first-order chi connectivity index (χ1) is 8.79. The molecule has 0 unspecified atom stereocenters. The van der Waals surface area contributed by atoms with Gasteiger partial charge in [0.25, 0.3) is 5.56 Å². The first kappa shape index (κ1) is 14.2. The van der Waals surface area contributed by atoms with Gasteiger partial charge in [-0.1, -0.05) is 45.0 Å². The number of H-pyrrole nitrogens is 1. The van der Waals surface area contributed by atoms with Gasteiger partial charge in [-0.3, -0.25) is 4.79 Å². The topological polar surface area (TPSA) is 45.8 Å². The van der Waals surface area contributed by atoms with Crippen molar-refractivity contribution in [3.63, 3.8) is 0 Å². The quantitative estimate of drug-likeness (QED) is 0.782. The highest BCUT2D eigenvalue weighted by molar-refractivity contribution is 14.1. The number of rotatable bonds is 1. The second-order valence-electron chi connectivity index (χ2n) is 5.64. The molecule has 1 heterocycles. The summed E-state index contributed by atoms with van der Waals surface area (Å²) in [7, 11) is 0. The van der Waals surface area contributed by atoms with E-state index in [1.165, 1.54) is 5.56 Å². The Morgan fingerprint density at radius 3 is 2.21 bits per heavy atom. The van der Waals surface area contributed by atoms with E-state index in [4.69, 9.17) is 0 Å². The molecule has 0 radical (unpaired) electrons. The zero-order valence-electron chi connectivity index (χ0n) is 11.5. The van der Waals surface area contributed by atoms with Crippen LogP contribution < -0.4 is 5.56 Å². The average Bonchev–Trinajstić information content (AvgIpc) is 2.34. The van der Waals surface area contributed by atoms with Crippen LogP contribution in [0.2, 0.25) is 0 Å². The zero-order chi connectivity index (χ0) is 14.2. The highest BCUT2D eigenvalue weighted by Gasteiger charge is 2.14. The lowest BCUT2D eigenvalue weighted by Crippen LogP contribution is -2.15. The van der Waals surface area contributed by atoms with Gasteiger partial charge >= 0.3 is 0 Å². The maximum Gasteiger partial charge on any atom is 0.264 e. The Morgan fingerprint density at radius 2 is 1.74 bits per heavy atom. The van der Waals surface area contributed by atoms with E-state index in [9.17, 15) is 4.79 Å². The Labute approximate surface area is 126 Å². The Bertz CT molecular complexity index is 651. The van der Waals surface area contributed by atoms with Gasteiger partial charge in [-0.25, -0.2) is 4.98 Å². The van der Waals surface area contributed by atoms with E-state index in [2.05, 4.69) is 42.9 Å². The third-order valence-corrected chi connectivity index (χ3v) is 4.32. The molecule has 0 bridgehead atoms. The van der Waals surface area contributed by atoms with Gasteiger partial charge in [0, 0.05) is 5.56 Å². The van der Waals surface area contributed by atoms with Gasteiger partial charge in [-0.15, -0.1) is 0 Å². The Kier molecular flexibility index (Phi) is 3.80. The second kappa shape index (κ2) is 5.07. The van der Waals surface area contributed by atoms with Gasteiger partial charge in [0.05, 0.1) is 9.26 Å². The predicted molar refractivity (Wildman–Crippen MR) is 86.4 cm³/mol. The number of hydrogen-bond donors (Lipinski definition) is 1. The lowest BCUT2D eigenvalue weighted by Gasteiger charge is -2.19. The molecule has 4 heteroatoms. The molecule has 1 aromatic heterocycles. The lowest BCUT2D eigenvalue weighted by atomic mass is 9.87. The van der Waals surface area contributed by atoms with Crippen molar-refractivity contribution in [1.82, 2.24) is 9.97 Å². The molecule has 2 rings (SSSR count). The fraction of sp³-hybridized carbons (Fsp3) is 0.333. The van der Waals surface area contributed by atoms with Crippen LogP contribution in [0.15, 0.2) is 29.1 Å². The molecule has 19 heavy (non-hydrogen) atoms. The van der Waals surface area contributed by atoms with E-state index in [-0.39, 0.29) is 11.0 Å². The SMILES string of the molecule is Cc1nc(-c2ccc(C(C)(C)C)cc2)[nH]c(=O)c1I. The molecule has 3 nitrogen and oxygen atoms in total. The van der Waals surface area contributed by atoms with Crippen LogP contribution in [0, 0.1) is 10.5 Å². The summed E-state index contributed by atoms with van der Waals surface area (Å²) in [4.78, 5) is 19.0. The molecule has 0 saturated carbocycles. The molecule has 0 atom stereocenters. The minimum Gasteiger partial charge on any atom is -0.306 e. The normalized spacial score (nSPS) is 11.6. The molecule has 100 valence electrons. The molecular formula is C15H17IN2O. The zero-order valence-corrected chi connectivity index (χ0v) is 13.7. The number of hydrogen-bond acceptors (Lipinski definition) is 2. The highest BCUT2D eigenvalue weighted by Crippen LogP contribution is 2.24. The summed E-state index contributed by atoms with van der Waals surface area (Å²) in [5, 5.41) is 0. The largest absolute Gasteiger partial charge is 0.306 e. The van der Waals surface area contributed by atoms with Crippen molar-refractivity contribution in [2.24, 2.45) is 0 Å². The van der Waals surface area contributed by atoms with E-state index in [0.717, 1.165) is 11.3 Å². The number of aromatic amines is 1. The molecule has 0 aliphatic heterocycles. The van der Waals surface area contributed by atoms with Crippen LogP contribution in [0.4, 0.5) is 0 Å². The summed E-state index contributed by atoms with van der Waals surface area (Å²) in [5.74, 6) is 0.628. The number of nitrogens with zero attached hydrogens (tertiary/aromatic N) is 1. The minimum absolute atomic E-state index is 0.0806. The van der Waals surface area contributed by atoms with E-state index in [1.807, 2.05) is 41.6 Å². The fourth-order valence-electron chi connectivity index (χ4n) is 1.84. The number of aromatic nitrogens is 2. The maximum absolute atomic E-state index is 11.8. The Morgan fingerprint density at radius 1 is 1.16 bits per heavy atom. The molecule has 1 N–H and O–H groups in total. The van der Waals surface area contributed by atoms with Crippen molar-refractivity contribution in [2.45, 2.75) is 33.1 Å². The van der Waals surface area contributed by atoms with Crippen LogP contribution in [0.1, 0.15) is 32.0 Å². The summed E-state index contributed by atoms with van der Waals surface area (Å²) in [6, 6.07) is 8.18. The monoisotopic (exact) mass is 368 g/mol. The van der Waals surface area contributed by atoms with Crippen LogP contribution >= 0.6 is 22.6 Å². The molecule has 0 aliphatic carbocycles. The van der Waals surface area contributed by atoms with Gasteiger partial charge in [0.15, 0.2) is 0 Å². The van der Waals surface area contributed by atoms with Gasteiger partial charge in [0.2, 0.25) is 0 Å². The summed E-state index contributed by atoms with van der Waals surface area (Å²) in [6.45, 7) is 8.38. The molecule has 0 spiro atoms. The van der Waals surface area contributed by atoms with Gasteiger partial charge in [0.1, 0.15) is 5.82 Å². The van der Waals surface area contributed by atoms with Crippen LogP contribution in [-0.4, -0.2) is 9.97 Å². The molecule has 0 saturated heterocycles. The first-order valence-corrected chi connectivity index (χ1v) is 7.24. The van der Waals surface area contributed by atoms with Crippen molar-refractivity contribution >= 4 is 22.6 Å². The standard InChI is InChI=1S/C15H17IN2O/c1-9-12(16)14(19)18-13(17-9)10-5-7-11(8-6-10)15(2,3)4/h5-8H,1-4H3,(H,17,18,19). The minimum atomic E-state index is -0.0806. The second-order valence-corrected chi connectivity index (χ2v) is 6.72. The molecule has 1 aromatic carbocycles. The van der Waals surface area contributed by atoms with Crippen molar-refractivity contribution < 1.29 is 0 Å². The van der Waals surface area contributed by atoms with Gasteiger partial charge in [-0.05, 0) is 40.5 Å².